The van der Waals surface area contributed by atoms with E-state index in [1.165, 1.54) is 37.0 Å². The van der Waals surface area contributed by atoms with Crippen molar-refractivity contribution in [2.45, 2.75) is 25.7 Å². The van der Waals surface area contributed by atoms with E-state index >= 15 is 0 Å². The zero-order valence-electron chi connectivity index (χ0n) is 10.7. The Bertz CT molecular complexity index is 602. The van der Waals surface area contributed by atoms with Crippen molar-refractivity contribution in [2.75, 3.05) is 12.3 Å². The lowest BCUT2D eigenvalue weighted by atomic mass is 10.1. The van der Waals surface area contributed by atoms with Crippen molar-refractivity contribution < 1.29 is 4.79 Å². The van der Waals surface area contributed by atoms with Gasteiger partial charge in [0.2, 0.25) is 0 Å². The van der Waals surface area contributed by atoms with Crippen LogP contribution in [0.15, 0.2) is 18.3 Å². The minimum Gasteiger partial charge on any atom is -0.396 e. The average molecular weight is 275 g/mol. The number of amides is 1. The predicted octanol–water partition coefficient (Wildman–Crippen LogP) is 2.80. The standard InChI is InChI=1S/C14H17N3OS/c15-11-12-10(6-3-7-16-12)19-13(11)14(18)17-8-9-4-1-2-5-9/h3,6-7,9H,1-2,4-5,8,15H2,(H,17,18). The van der Waals surface area contributed by atoms with Gasteiger partial charge in [0, 0.05) is 12.7 Å². The number of nitrogens with one attached hydrogen (secondary N) is 1. The molecule has 1 saturated carbocycles. The number of carbonyl (C=O) groups is 1. The van der Waals surface area contributed by atoms with Gasteiger partial charge in [-0.25, -0.2) is 0 Å². The number of hydrogen-bond donors (Lipinski definition) is 2. The smallest absolute Gasteiger partial charge is 0.263 e. The summed E-state index contributed by atoms with van der Waals surface area (Å²) in [6.07, 6.45) is 6.73. The maximum absolute atomic E-state index is 12.2. The Morgan fingerprint density at radius 3 is 3.00 bits per heavy atom. The SMILES string of the molecule is Nc1c(C(=O)NCC2CCCC2)sc2cccnc12. The molecule has 0 aromatic carbocycles. The zero-order valence-corrected chi connectivity index (χ0v) is 11.5. The molecule has 1 amide bonds. The summed E-state index contributed by atoms with van der Waals surface area (Å²) in [6.45, 7) is 0.764. The van der Waals surface area contributed by atoms with E-state index in [4.69, 9.17) is 5.73 Å². The number of nitrogens with zero attached hydrogens (tertiary/aromatic N) is 1. The van der Waals surface area contributed by atoms with E-state index in [0.717, 1.165) is 16.8 Å². The van der Waals surface area contributed by atoms with Crippen LogP contribution in [0.4, 0.5) is 5.69 Å². The molecule has 1 aliphatic carbocycles. The first-order chi connectivity index (χ1) is 9.25. The Balaban J connectivity index is 1.75. The molecule has 2 aromatic heterocycles. The first kappa shape index (κ1) is 12.4. The number of anilines is 1. The normalized spacial score (nSPS) is 16.0. The lowest BCUT2D eigenvalue weighted by Crippen LogP contribution is -2.28. The number of aromatic nitrogens is 1. The molecule has 3 N–H and O–H groups in total. The van der Waals surface area contributed by atoms with Crippen LogP contribution in [-0.2, 0) is 0 Å². The molecule has 3 rings (SSSR count). The number of thiophene rings is 1. The molecule has 0 unspecified atom stereocenters. The van der Waals surface area contributed by atoms with Crippen LogP contribution >= 0.6 is 11.3 Å². The third-order valence-corrected chi connectivity index (χ3v) is 4.87. The first-order valence-corrected chi connectivity index (χ1v) is 7.48. The Morgan fingerprint density at radius 2 is 2.26 bits per heavy atom. The molecule has 2 aromatic rings. The highest BCUT2D eigenvalue weighted by molar-refractivity contribution is 7.21. The Hall–Kier alpha value is -1.62. The number of rotatable bonds is 3. The molecule has 4 nitrogen and oxygen atoms in total. The molecule has 0 aliphatic heterocycles. The summed E-state index contributed by atoms with van der Waals surface area (Å²) >= 11 is 1.41. The minimum atomic E-state index is -0.0626. The molecule has 5 heteroatoms. The van der Waals surface area contributed by atoms with Crippen LogP contribution in [0.25, 0.3) is 10.2 Å². The van der Waals surface area contributed by atoms with E-state index in [9.17, 15) is 4.79 Å². The number of fused-ring (bicyclic) bond motifs is 1. The van der Waals surface area contributed by atoms with E-state index in [-0.39, 0.29) is 5.91 Å². The van der Waals surface area contributed by atoms with E-state index in [2.05, 4.69) is 10.3 Å². The highest BCUT2D eigenvalue weighted by Gasteiger charge is 2.19. The second-order valence-electron chi connectivity index (χ2n) is 5.06. The summed E-state index contributed by atoms with van der Waals surface area (Å²) in [5.41, 5.74) is 7.25. The van der Waals surface area contributed by atoms with Crippen LogP contribution in [0, 0.1) is 5.92 Å². The summed E-state index contributed by atoms with van der Waals surface area (Å²) in [6, 6.07) is 3.80. The lowest BCUT2D eigenvalue weighted by Gasteiger charge is -2.09. The number of pyridine rings is 1. The van der Waals surface area contributed by atoms with Gasteiger partial charge >= 0.3 is 0 Å². The topological polar surface area (TPSA) is 68.0 Å². The largest absolute Gasteiger partial charge is 0.396 e. The molecule has 1 aliphatic rings. The van der Waals surface area contributed by atoms with Gasteiger partial charge in [-0.3, -0.25) is 9.78 Å². The number of carbonyl (C=O) groups excluding carboxylic acids is 1. The molecular weight excluding hydrogens is 258 g/mol. The van der Waals surface area contributed by atoms with E-state index in [0.29, 0.717) is 16.5 Å². The van der Waals surface area contributed by atoms with E-state index in [1.54, 1.807) is 6.20 Å². The maximum atomic E-state index is 12.2. The molecule has 0 spiro atoms. The molecule has 19 heavy (non-hydrogen) atoms. The zero-order chi connectivity index (χ0) is 13.2. The van der Waals surface area contributed by atoms with Crippen molar-refractivity contribution >= 4 is 33.1 Å². The second-order valence-corrected chi connectivity index (χ2v) is 6.11. The van der Waals surface area contributed by atoms with E-state index < -0.39 is 0 Å². The van der Waals surface area contributed by atoms with Crippen LogP contribution in [-0.4, -0.2) is 17.4 Å². The minimum absolute atomic E-state index is 0.0626. The molecule has 0 bridgehead atoms. The van der Waals surface area contributed by atoms with Gasteiger partial charge in [-0.2, -0.15) is 0 Å². The fourth-order valence-electron chi connectivity index (χ4n) is 2.65. The van der Waals surface area contributed by atoms with Crippen molar-refractivity contribution in [1.82, 2.24) is 10.3 Å². The van der Waals surface area contributed by atoms with Gasteiger partial charge in [0.1, 0.15) is 10.4 Å². The van der Waals surface area contributed by atoms with Gasteiger partial charge < -0.3 is 11.1 Å². The summed E-state index contributed by atoms with van der Waals surface area (Å²) in [4.78, 5) is 17.0. The molecule has 0 atom stereocenters. The van der Waals surface area contributed by atoms with Gasteiger partial charge in [0.25, 0.3) is 5.91 Å². The molecule has 0 saturated heterocycles. The summed E-state index contributed by atoms with van der Waals surface area (Å²) in [7, 11) is 0. The van der Waals surface area contributed by atoms with Gasteiger partial charge in [0.15, 0.2) is 0 Å². The molecular formula is C14H17N3OS. The average Bonchev–Trinajstić information content (AvgIpc) is 3.05. The molecule has 100 valence electrons. The third-order valence-electron chi connectivity index (χ3n) is 3.71. The highest BCUT2D eigenvalue weighted by Crippen LogP contribution is 2.32. The van der Waals surface area contributed by atoms with Crippen molar-refractivity contribution in [2.24, 2.45) is 5.92 Å². The monoisotopic (exact) mass is 275 g/mol. The Morgan fingerprint density at radius 1 is 1.47 bits per heavy atom. The Kier molecular flexibility index (Phi) is 3.38. The van der Waals surface area contributed by atoms with Gasteiger partial charge in [-0.15, -0.1) is 11.3 Å². The van der Waals surface area contributed by atoms with Crippen molar-refractivity contribution in [3.8, 4) is 0 Å². The van der Waals surface area contributed by atoms with Gasteiger partial charge in [-0.1, -0.05) is 12.8 Å². The molecule has 2 heterocycles. The maximum Gasteiger partial charge on any atom is 0.263 e. The van der Waals surface area contributed by atoms with Gasteiger partial charge in [0.05, 0.1) is 10.4 Å². The summed E-state index contributed by atoms with van der Waals surface area (Å²) in [5.74, 6) is 0.574. The van der Waals surface area contributed by atoms with Gasteiger partial charge in [-0.05, 0) is 30.9 Å². The number of nitrogen functional groups attached to an aromatic ring is 1. The van der Waals surface area contributed by atoms with Crippen LogP contribution in [0.5, 0.6) is 0 Å². The summed E-state index contributed by atoms with van der Waals surface area (Å²) in [5, 5.41) is 3.01. The fourth-order valence-corrected chi connectivity index (χ4v) is 3.65. The van der Waals surface area contributed by atoms with Crippen molar-refractivity contribution in [3.05, 3.63) is 23.2 Å². The third kappa shape index (κ3) is 2.42. The quantitative estimate of drug-likeness (QED) is 0.905. The number of nitrogens with two attached hydrogens (primary N) is 1. The lowest BCUT2D eigenvalue weighted by molar-refractivity contribution is 0.0952. The highest BCUT2D eigenvalue weighted by atomic mass is 32.1. The van der Waals surface area contributed by atoms with Crippen LogP contribution in [0.3, 0.4) is 0 Å². The fraction of sp³-hybridized carbons (Fsp3) is 0.429. The van der Waals surface area contributed by atoms with Crippen molar-refractivity contribution in [1.29, 1.82) is 0 Å². The van der Waals surface area contributed by atoms with E-state index in [1.807, 2.05) is 12.1 Å². The predicted molar refractivity (Wildman–Crippen MR) is 78.3 cm³/mol. The summed E-state index contributed by atoms with van der Waals surface area (Å²) < 4.78 is 0.964. The number of hydrogen-bond acceptors (Lipinski definition) is 4. The first-order valence-electron chi connectivity index (χ1n) is 6.67. The van der Waals surface area contributed by atoms with Crippen LogP contribution in [0.2, 0.25) is 0 Å². The molecule has 0 radical (unpaired) electrons. The van der Waals surface area contributed by atoms with Crippen LogP contribution in [0.1, 0.15) is 35.4 Å². The second kappa shape index (κ2) is 5.17. The molecule has 1 fully saturated rings. The Labute approximate surface area is 116 Å². The van der Waals surface area contributed by atoms with Crippen LogP contribution < -0.4 is 11.1 Å². The van der Waals surface area contributed by atoms with Crippen molar-refractivity contribution in [3.63, 3.8) is 0 Å².